The van der Waals surface area contributed by atoms with Crippen molar-refractivity contribution in [3.05, 3.63) is 52.4 Å². The van der Waals surface area contributed by atoms with Gasteiger partial charge in [-0.15, -0.1) is 0 Å². The first-order chi connectivity index (χ1) is 16.2. The van der Waals surface area contributed by atoms with Crippen LogP contribution in [0, 0.1) is 25.2 Å². The molecule has 1 unspecified atom stereocenters. The van der Waals surface area contributed by atoms with Gasteiger partial charge in [-0.2, -0.15) is 5.26 Å². The number of benzene rings is 1. The molecule has 0 saturated heterocycles. The minimum atomic E-state index is -0.869. The third-order valence-electron chi connectivity index (χ3n) is 5.39. The van der Waals surface area contributed by atoms with Crippen molar-refractivity contribution in [1.29, 1.82) is 5.26 Å². The second-order valence-corrected chi connectivity index (χ2v) is 7.61. The fraction of sp³-hybridized carbons (Fsp3) is 0.400. The highest BCUT2D eigenvalue weighted by Crippen LogP contribution is 2.29. The topological polar surface area (TPSA) is 112 Å². The summed E-state index contributed by atoms with van der Waals surface area (Å²) in [4.78, 5) is 24.8. The molecule has 2 rings (SSSR count). The van der Waals surface area contributed by atoms with E-state index < -0.39 is 24.5 Å². The van der Waals surface area contributed by atoms with Gasteiger partial charge in [0.2, 0.25) is 0 Å². The van der Waals surface area contributed by atoms with Crippen LogP contribution in [-0.4, -0.2) is 51.0 Å². The van der Waals surface area contributed by atoms with Gasteiger partial charge >= 0.3 is 5.97 Å². The number of nitrogens with zero attached hydrogens (tertiary/aromatic N) is 2. The van der Waals surface area contributed by atoms with Crippen molar-refractivity contribution in [2.45, 2.75) is 33.4 Å². The highest BCUT2D eigenvalue weighted by Gasteiger charge is 2.18. The number of carbonyl (C=O) groups excluding carboxylic acids is 2. The number of nitrogens with one attached hydrogen (secondary N) is 1. The van der Waals surface area contributed by atoms with Crippen molar-refractivity contribution in [1.82, 2.24) is 9.88 Å². The van der Waals surface area contributed by atoms with Gasteiger partial charge in [0, 0.05) is 30.6 Å². The van der Waals surface area contributed by atoms with Crippen LogP contribution >= 0.6 is 0 Å². The molecule has 0 radical (unpaired) electrons. The molecule has 34 heavy (non-hydrogen) atoms. The molecular weight excluding hydrogens is 438 g/mol. The standard InChI is InChI=1S/C25H31N3O6/c1-16-11-19(18(3)28(16)9-10-31-4)12-20(14-26)25(30)34-15-24(29)27-17(2)22-13-21(32-5)7-8-23(22)33-6/h7-8,11-13,17H,9-10,15H2,1-6H3,(H,27,29)/b20-12+. The summed E-state index contributed by atoms with van der Waals surface area (Å²) in [7, 11) is 4.71. The van der Waals surface area contributed by atoms with E-state index in [1.165, 1.54) is 13.2 Å². The van der Waals surface area contributed by atoms with E-state index in [0.717, 1.165) is 17.0 Å². The van der Waals surface area contributed by atoms with Gasteiger partial charge in [-0.05, 0) is 56.7 Å². The van der Waals surface area contributed by atoms with Crippen molar-refractivity contribution < 1.29 is 28.5 Å². The molecule has 0 aliphatic heterocycles. The summed E-state index contributed by atoms with van der Waals surface area (Å²) < 4.78 is 22.8. The van der Waals surface area contributed by atoms with Crippen molar-refractivity contribution in [2.75, 3.05) is 34.5 Å². The first kappa shape index (κ1) is 26.5. The van der Waals surface area contributed by atoms with Gasteiger partial charge in [-0.25, -0.2) is 4.79 Å². The zero-order chi connectivity index (χ0) is 25.3. The number of amides is 1. The van der Waals surface area contributed by atoms with Gasteiger partial charge in [0.05, 0.1) is 26.9 Å². The molecule has 0 saturated carbocycles. The number of hydrogen-bond donors (Lipinski definition) is 1. The van der Waals surface area contributed by atoms with Gasteiger partial charge in [0.25, 0.3) is 5.91 Å². The predicted octanol–water partition coefficient (Wildman–Crippen LogP) is 3.10. The Hall–Kier alpha value is -3.77. The summed E-state index contributed by atoms with van der Waals surface area (Å²) in [5, 5.41) is 12.2. The summed E-state index contributed by atoms with van der Waals surface area (Å²) >= 11 is 0. The number of rotatable bonds is 11. The maximum Gasteiger partial charge on any atom is 0.349 e. The Labute approximate surface area is 199 Å². The van der Waals surface area contributed by atoms with Gasteiger partial charge in [-0.1, -0.05) is 0 Å². The van der Waals surface area contributed by atoms with Gasteiger partial charge in [0.1, 0.15) is 23.1 Å². The lowest BCUT2D eigenvalue weighted by atomic mass is 10.1. The molecule has 1 heterocycles. The fourth-order valence-electron chi connectivity index (χ4n) is 3.54. The molecule has 182 valence electrons. The molecule has 1 aromatic carbocycles. The summed E-state index contributed by atoms with van der Waals surface area (Å²) in [6, 6.07) is 8.56. The minimum absolute atomic E-state index is 0.192. The van der Waals surface area contributed by atoms with Crippen LogP contribution in [0.3, 0.4) is 0 Å². The Bertz CT molecular complexity index is 1100. The second kappa shape index (κ2) is 12.5. The summed E-state index contributed by atoms with van der Waals surface area (Å²) in [5.74, 6) is -0.177. The van der Waals surface area contributed by atoms with Crippen molar-refractivity contribution in [3.63, 3.8) is 0 Å². The Morgan fingerprint density at radius 1 is 1.18 bits per heavy atom. The van der Waals surface area contributed by atoms with E-state index in [-0.39, 0.29) is 5.57 Å². The van der Waals surface area contributed by atoms with Crippen molar-refractivity contribution in [2.24, 2.45) is 0 Å². The highest BCUT2D eigenvalue weighted by atomic mass is 16.5. The molecular formula is C25H31N3O6. The number of esters is 1. The Kier molecular flexibility index (Phi) is 9.71. The zero-order valence-corrected chi connectivity index (χ0v) is 20.4. The third-order valence-corrected chi connectivity index (χ3v) is 5.39. The van der Waals surface area contributed by atoms with E-state index >= 15 is 0 Å². The van der Waals surface area contributed by atoms with E-state index in [1.807, 2.05) is 30.6 Å². The number of carbonyl (C=O) groups is 2. The number of aromatic nitrogens is 1. The maximum atomic E-state index is 12.4. The van der Waals surface area contributed by atoms with Crippen LogP contribution in [-0.2, 0) is 25.6 Å². The monoisotopic (exact) mass is 469 g/mol. The second-order valence-electron chi connectivity index (χ2n) is 7.61. The molecule has 1 aromatic heterocycles. The van der Waals surface area contributed by atoms with Crippen LogP contribution in [0.25, 0.3) is 6.08 Å². The fourth-order valence-corrected chi connectivity index (χ4v) is 3.54. The highest BCUT2D eigenvalue weighted by molar-refractivity contribution is 5.99. The van der Waals surface area contributed by atoms with E-state index in [9.17, 15) is 14.9 Å². The summed E-state index contributed by atoms with van der Waals surface area (Å²) in [6.45, 7) is 6.29. The Morgan fingerprint density at radius 2 is 1.91 bits per heavy atom. The molecule has 0 aliphatic carbocycles. The molecule has 2 aromatic rings. The predicted molar refractivity (Wildman–Crippen MR) is 126 cm³/mol. The number of hydrogen-bond acceptors (Lipinski definition) is 7. The van der Waals surface area contributed by atoms with E-state index in [2.05, 4.69) is 5.32 Å². The van der Waals surface area contributed by atoms with Crippen molar-refractivity contribution >= 4 is 18.0 Å². The number of ether oxygens (including phenoxy) is 4. The molecule has 1 N–H and O–H groups in total. The van der Waals surface area contributed by atoms with Crippen LogP contribution in [0.2, 0.25) is 0 Å². The number of methoxy groups -OCH3 is 3. The Balaban J connectivity index is 2.04. The first-order valence-corrected chi connectivity index (χ1v) is 10.7. The number of aryl methyl sites for hydroxylation is 1. The molecule has 1 amide bonds. The quantitative estimate of drug-likeness (QED) is 0.306. The maximum absolute atomic E-state index is 12.4. The lowest BCUT2D eigenvalue weighted by Gasteiger charge is -2.18. The third kappa shape index (κ3) is 6.62. The van der Waals surface area contributed by atoms with Crippen LogP contribution in [0.1, 0.15) is 35.5 Å². The Morgan fingerprint density at radius 3 is 2.53 bits per heavy atom. The minimum Gasteiger partial charge on any atom is -0.497 e. The van der Waals surface area contributed by atoms with Crippen LogP contribution < -0.4 is 14.8 Å². The lowest BCUT2D eigenvalue weighted by molar-refractivity contribution is -0.144. The smallest absolute Gasteiger partial charge is 0.349 e. The molecule has 1 atom stereocenters. The zero-order valence-electron chi connectivity index (χ0n) is 20.4. The van der Waals surface area contributed by atoms with Gasteiger partial charge < -0.3 is 28.8 Å². The van der Waals surface area contributed by atoms with Crippen molar-refractivity contribution in [3.8, 4) is 17.6 Å². The molecule has 0 fully saturated rings. The van der Waals surface area contributed by atoms with Gasteiger partial charge in [0.15, 0.2) is 6.61 Å². The van der Waals surface area contributed by atoms with E-state index in [4.69, 9.17) is 18.9 Å². The SMILES string of the molecule is COCCn1c(C)cc(/C=C(\C#N)C(=O)OCC(=O)NC(C)c2cc(OC)ccc2OC)c1C. The molecule has 9 nitrogen and oxygen atoms in total. The summed E-state index contributed by atoms with van der Waals surface area (Å²) in [6.07, 6.45) is 1.47. The molecule has 0 aliphatic rings. The van der Waals surface area contributed by atoms with E-state index in [1.54, 1.807) is 39.3 Å². The number of nitriles is 1. The normalized spacial score (nSPS) is 12.0. The van der Waals surface area contributed by atoms with Crippen LogP contribution in [0.5, 0.6) is 11.5 Å². The molecule has 0 spiro atoms. The molecule has 0 bridgehead atoms. The largest absolute Gasteiger partial charge is 0.497 e. The van der Waals surface area contributed by atoms with E-state index in [0.29, 0.717) is 30.2 Å². The van der Waals surface area contributed by atoms with Crippen LogP contribution in [0.15, 0.2) is 29.8 Å². The lowest BCUT2D eigenvalue weighted by Crippen LogP contribution is -2.31. The van der Waals surface area contributed by atoms with Gasteiger partial charge in [-0.3, -0.25) is 4.79 Å². The summed E-state index contributed by atoms with van der Waals surface area (Å²) in [5.41, 5.74) is 3.12. The first-order valence-electron chi connectivity index (χ1n) is 10.7. The molecule has 9 heteroatoms. The average Bonchev–Trinajstić information content (AvgIpc) is 3.10. The van der Waals surface area contributed by atoms with Crippen LogP contribution in [0.4, 0.5) is 0 Å². The average molecular weight is 470 g/mol.